The van der Waals surface area contributed by atoms with Crippen LogP contribution >= 0.6 is 0 Å². The second-order valence-corrected chi connectivity index (χ2v) is 5.87. The Hall–Kier alpha value is -2.13. The van der Waals surface area contributed by atoms with Gasteiger partial charge in [0.15, 0.2) is 0 Å². The number of benzene rings is 2. The molecule has 0 amide bonds. The van der Waals surface area contributed by atoms with E-state index in [4.69, 9.17) is 9.72 Å². The smallest absolute Gasteiger partial charge is 0.138 e. The average molecular weight is 308 g/mol. The molecule has 0 aliphatic heterocycles. The van der Waals surface area contributed by atoms with Crippen LogP contribution in [-0.4, -0.2) is 16.6 Å². The van der Waals surface area contributed by atoms with Crippen molar-refractivity contribution in [2.45, 2.75) is 39.2 Å². The number of hydrogen-bond donors (Lipinski definition) is 1. The van der Waals surface area contributed by atoms with Crippen LogP contribution in [0.4, 0.5) is 0 Å². The number of aromatic amines is 1. The molecule has 3 heteroatoms. The summed E-state index contributed by atoms with van der Waals surface area (Å²) in [5.41, 5.74) is 4.37. The van der Waals surface area contributed by atoms with E-state index < -0.39 is 0 Å². The Morgan fingerprint density at radius 1 is 0.957 bits per heavy atom. The predicted molar refractivity (Wildman–Crippen MR) is 95.3 cm³/mol. The Labute approximate surface area is 137 Å². The molecule has 0 aliphatic carbocycles. The van der Waals surface area contributed by atoms with Crippen molar-refractivity contribution in [3.05, 3.63) is 54.1 Å². The third-order valence-electron chi connectivity index (χ3n) is 4.06. The molecule has 0 bridgehead atoms. The number of nitrogens with one attached hydrogen (secondary N) is 1. The Bertz CT molecular complexity index is 715. The Kier molecular flexibility index (Phi) is 5.43. The zero-order valence-corrected chi connectivity index (χ0v) is 13.7. The maximum absolute atomic E-state index is 5.86. The molecule has 3 nitrogen and oxygen atoms in total. The van der Waals surface area contributed by atoms with Crippen molar-refractivity contribution in [3.8, 4) is 11.4 Å². The van der Waals surface area contributed by atoms with Crippen molar-refractivity contribution in [2.75, 3.05) is 6.61 Å². The number of para-hydroxylation sites is 2. The van der Waals surface area contributed by atoms with Gasteiger partial charge in [0.05, 0.1) is 17.6 Å². The Morgan fingerprint density at radius 3 is 2.65 bits per heavy atom. The number of ether oxygens (including phenoxy) is 1. The van der Waals surface area contributed by atoms with E-state index in [0.29, 0.717) is 6.61 Å². The first kappa shape index (κ1) is 15.8. The Morgan fingerprint density at radius 2 is 1.78 bits per heavy atom. The molecule has 0 saturated carbocycles. The van der Waals surface area contributed by atoms with Gasteiger partial charge in [-0.15, -0.1) is 0 Å². The van der Waals surface area contributed by atoms with Gasteiger partial charge in [0.2, 0.25) is 0 Å². The van der Waals surface area contributed by atoms with Crippen molar-refractivity contribution in [2.24, 2.45) is 0 Å². The van der Waals surface area contributed by atoms with E-state index in [1.54, 1.807) is 0 Å². The Balaban J connectivity index is 1.70. The normalized spacial score (nSPS) is 11.2. The topological polar surface area (TPSA) is 37.9 Å². The fourth-order valence-electron chi connectivity index (χ4n) is 2.77. The highest BCUT2D eigenvalue weighted by Gasteiger charge is 2.09. The maximum atomic E-state index is 5.86. The molecule has 0 fully saturated rings. The lowest BCUT2D eigenvalue weighted by Gasteiger charge is -2.08. The molecule has 0 radical (unpaired) electrons. The number of unbranched alkanes of at least 4 members (excludes halogenated alkanes) is 3. The van der Waals surface area contributed by atoms with E-state index in [1.165, 1.54) is 24.8 Å². The van der Waals surface area contributed by atoms with Gasteiger partial charge in [-0.2, -0.15) is 0 Å². The summed E-state index contributed by atoms with van der Waals surface area (Å²) >= 11 is 0. The maximum Gasteiger partial charge on any atom is 0.138 e. The molecule has 0 atom stereocenters. The van der Waals surface area contributed by atoms with Crippen LogP contribution in [0.1, 0.15) is 38.2 Å². The molecule has 3 rings (SSSR count). The summed E-state index contributed by atoms with van der Waals surface area (Å²) in [5, 5.41) is 0. The van der Waals surface area contributed by atoms with Crippen molar-refractivity contribution >= 4 is 11.0 Å². The monoisotopic (exact) mass is 308 g/mol. The molecule has 1 heterocycles. The van der Waals surface area contributed by atoms with Crippen LogP contribution < -0.4 is 0 Å². The number of H-pyrrole nitrogens is 1. The van der Waals surface area contributed by atoms with Crippen molar-refractivity contribution in [1.29, 1.82) is 0 Å². The third-order valence-corrected chi connectivity index (χ3v) is 4.06. The summed E-state index contributed by atoms with van der Waals surface area (Å²) in [5.74, 6) is 0.913. The fourth-order valence-corrected chi connectivity index (χ4v) is 2.77. The van der Waals surface area contributed by atoms with Gasteiger partial charge < -0.3 is 9.72 Å². The summed E-state index contributed by atoms with van der Waals surface area (Å²) in [7, 11) is 0. The summed E-state index contributed by atoms with van der Waals surface area (Å²) in [6.45, 7) is 3.69. The zero-order valence-electron chi connectivity index (χ0n) is 13.7. The van der Waals surface area contributed by atoms with Crippen LogP contribution in [0.15, 0.2) is 48.5 Å². The first-order chi connectivity index (χ1) is 11.4. The van der Waals surface area contributed by atoms with E-state index >= 15 is 0 Å². The van der Waals surface area contributed by atoms with Crippen LogP contribution in [0.3, 0.4) is 0 Å². The lowest BCUT2D eigenvalue weighted by atomic mass is 10.1. The second kappa shape index (κ2) is 7.93. The number of fused-ring (bicyclic) bond motifs is 1. The molecule has 0 saturated heterocycles. The lowest BCUT2D eigenvalue weighted by molar-refractivity contribution is 0.117. The predicted octanol–water partition coefficient (Wildman–Crippen LogP) is 5.33. The molecule has 0 spiro atoms. The molecule has 120 valence electrons. The molecule has 1 N–H and O–H groups in total. The summed E-state index contributed by atoms with van der Waals surface area (Å²) in [6.07, 6.45) is 4.94. The van der Waals surface area contributed by atoms with Gasteiger partial charge in [0, 0.05) is 12.2 Å². The lowest BCUT2D eigenvalue weighted by Crippen LogP contribution is -1.98. The van der Waals surface area contributed by atoms with Gasteiger partial charge in [0.1, 0.15) is 5.82 Å². The van der Waals surface area contributed by atoms with Gasteiger partial charge in [-0.25, -0.2) is 4.98 Å². The van der Waals surface area contributed by atoms with Crippen LogP contribution in [0.25, 0.3) is 22.4 Å². The SMILES string of the molecule is CCCCCCOCc1ccccc1-c1nc2ccccc2[nH]1. The largest absolute Gasteiger partial charge is 0.377 e. The minimum absolute atomic E-state index is 0.638. The van der Waals surface area contributed by atoms with E-state index in [1.807, 2.05) is 24.3 Å². The molecule has 1 aromatic heterocycles. The van der Waals surface area contributed by atoms with Gasteiger partial charge in [-0.1, -0.05) is 62.6 Å². The molecule has 3 aromatic rings. The molecular formula is C20H24N2O. The average Bonchev–Trinajstić information content (AvgIpc) is 3.02. The van der Waals surface area contributed by atoms with Gasteiger partial charge >= 0.3 is 0 Å². The van der Waals surface area contributed by atoms with E-state index in [9.17, 15) is 0 Å². The van der Waals surface area contributed by atoms with Crippen LogP contribution in [0, 0.1) is 0 Å². The number of rotatable bonds is 8. The molecule has 0 unspecified atom stereocenters. The van der Waals surface area contributed by atoms with Crippen molar-refractivity contribution in [1.82, 2.24) is 9.97 Å². The zero-order chi connectivity index (χ0) is 15.9. The molecule has 2 aromatic carbocycles. The summed E-state index contributed by atoms with van der Waals surface area (Å²) < 4.78 is 5.86. The minimum Gasteiger partial charge on any atom is -0.377 e. The third kappa shape index (κ3) is 3.99. The van der Waals surface area contributed by atoms with Crippen molar-refractivity contribution < 1.29 is 4.74 Å². The number of hydrogen-bond acceptors (Lipinski definition) is 2. The minimum atomic E-state index is 0.638. The van der Waals surface area contributed by atoms with Crippen molar-refractivity contribution in [3.63, 3.8) is 0 Å². The molecular weight excluding hydrogens is 284 g/mol. The van der Waals surface area contributed by atoms with Gasteiger partial charge in [-0.05, 0) is 24.1 Å². The highest BCUT2D eigenvalue weighted by molar-refractivity contribution is 5.79. The second-order valence-electron chi connectivity index (χ2n) is 5.87. The summed E-state index contributed by atoms with van der Waals surface area (Å²) in [6, 6.07) is 16.5. The van der Waals surface area contributed by atoms with E-state index in [0.717, 1.165) is 35.4 Å². The summed E-state index contributed by atoms with van der Waals surface area (Å²) in [4.78, 5) is 8.11. The van der Waals surface area contributed by atoms with Crippen LogP contribution in [0.2, 0.25) is 0 Å². The van der Waals surface area contributed by atoms with Gasteiger partial charge in [0.25, 0.3) is 0 Å². The molecule has 23 heavy (non-hydrogen) atoms. The number of nitrogens with zero attached hydrogens (tertiary/aromatic N) is 1. The highest BCUT2D eigenvalue weighted by atomic mass is 16.5. The first-order valence-corrected chi connectivity index (χ1v) is 8.49. The van der Waals surface area contributed by atoms with Crippen LogP contribution in [-0.2, 0) is 11.3 Å². The molecule has 0 aliphatic rings. The number of imidazole rings is 1. The van der Waals surface area contributed by atoms with E-state index in [2.05, 4.69) is 36.2 Å². The first-order valence-electron chi connectivity index (χ1n) is 8.49. The van der Waals surface area contributed by atoms with Crippen LogP contribution in [0.5, 0.6) is 0 Å². The van der Waals surface area contributed by atoms with Gasteiger partial charge in [-0.3, -0.25) is 0 Å². The van der Waals surface area contributed by atoms with E-state index in [-0.39, 0.29) is 0 Å². The standard InChI is InChI=1S/C20H24N2O/c1-2-3-4-9-14-23-15-16-10-5-6-11-17(16)20-21-18-12-7-8-13-19(18)22-20/h5-8,10-13H,2-4,9,14-15H2,1H3,(H,21,22). The highest BCUT2D eigenvalue weighted by Crippen LogP contribution is 2.24. The quantitative estimate of drug-likeness (QED) is 0.571. The number of aromatic nitrogens is 2. The fraction of sp³-hybridized carbons (Fsp3) is 0.350.